The van der Waals surface area contributed by atoms with E-state index in [0.29, 0.717) is 12.1 Å². The molecule has 0 amide bonds. The summed E-state index contributed by atoms with van der Waals surface area (Å²) in [6.07, 6.45) is 3.12. The molecule has 17 heavy (non-hydrogen) atoms. The fraction of sp³-hybridized carbons (Fsp3) is 0.750. The lowest BCUT2D eigenvalue weighted by molar-refractivity contribution is 0.476. The fourth-order valence-corrected chi connectivity index (χ4v) is 3.30. The monoisotopic (exact) mass is 319 g/mol. The van der Waals surface area contributed by atoms with E-state index in [9.17, 15) is 0 Å². The van der Waals surface area contributed by atoms with Gasteiger partial charge in [0.15, 0.2) is 0 Å². The van der Waals surface area contributed by atoms with E-state index in [1.54, 1.807) is 0 Å². The first-order valence-corrected chi connectivity index (χ1v) is 8.04. The number of rotatable bonds is 7. The molecule has 1 unspecified atom stereocenters. The van der Waals surface area contributed by atoms with Gasteiger partial charge in [0.2, 0.25) is 0 Å². The van der Waals surface area contributed by atoms with Crippen molar-refractivity contribution in [3.63, 3.8) is 0 Å². The molecule has 1 heterocycles. The zero-order valence-electron chi connectivity index (χ0n) is 11.0. The first kappa shape index (κ1) is 15.1. The molecular formula is C12H22BrN3S. The van der Waals surface area contributed by atoms with Crippen molar-refractivity contribution in [2.24, 2.45) is 0 Å². The van der Waals surface area contributed by atoms with E-state index in [1.165, 1.54) is 17.9 Å². The minimum absolute atomic E-state index is 0.353. The van der Waals surface area contributed by atoms with Gasteiger partial charge in [-0.1, -0.05) is 6.92 Å². The molecule has 1 aromatic heterocycles. The van der Waals surface area contributed by atoms with Crippen molar-refractivity contribution >= 4 is 27.7 Å². The quantitative estimate of drug-likeness (QED) is 0.778. The van der Waals surface area contributed by atoms with Gasteiger partial charge in [-0.25, -0.2) is 0 Å². The number of thioether (sulfide) groups is 1. The second-order valence-corrected chi connectivity index (χ2v) is 6.34. The molecule has 1 N–H and O–H groups in total. The number of nitrogens with one attached hydrogen (secondary N) is 1. The van der Waals surface area contributed by atoms with E-state index < -0.39 is 0 Å². The molecule has 0 aromatic carbocycles. The molecule has 0 fully saturated rings. The molecule has 5 heteroatoms. The number of halogens is 1. The molecular weight excluding hydrogens is 298 g/mol. The summed E-state index contributed by atoms with van der Waals surface area (Å²) in [5.74, 6) is 2.30. The van der Waals surface area contributed by atoms with Crippen LogP contribution < -0.4 is 5.32 Å². The highest BCUT2D eigenvalue weighted by Gasteiger charge is 2.19. The maximum atomic E-state index is 4.43. The minimum atomic E-state index is 0.353. The molecule has 0 bridgehead atoms. The van der Waals surface area contributed by atoms with E-state index in [4.69, 9.17) is 0 Å². The Balaban J connectivity index is 2.82. The molecule has 0 aliphatic rings. The Kier molecular flexibility index (Phi) is 6.59. The predicted molar refractivity (Wildman–Crippen MR) is 79.7 cm³/mol. The molecule has 1 atom stereocenters. The van der Waals surface area contributed by atoms with Crippen LogP contribution in [0.15, 0.2) is 10.7 Å². The zero-order valence-corrected chi connectivity index (χ0v) is 13.4. The molecule has 0 aliphatic heterocycles. The Morgan fingerprint density at radius 2 is 2.24 bits per heavy atom. The lowest BCUT2D eigenvalue weighted by Crippen LogP contribution is -2.24. The van der Waals surface area contributed by atoms with Crippen molar-refractivity contribution in [1.82, 2.24) is 15.1 Å². The maximum absolute atomic E-state index is 4.43. The third-order valence-corrected chi connectivity index (χ3v) is 4.46. The van der Waals surface area contributed by atoms with E-state index in [-0.39, 0.29) is 0 Å². The third kappa shape index (κ3) is 4.00. The lowest BCUT2D eigenvalue weighted by atomic mass is 10.2. The highest BCUT2D eigenvalue weighted by molar-refractivity contribution is 9.10. The van der Waals surface area contributed by atoms with Gasteiger partial charge in [0.25, 0.3) is 0 Å². The molecule has 0 saturated heterocycles. The van der Waals surface area contributed by atoms with Crippen molar-refractivity contribution in [2.45, 2.75) is 39.3 Å². The normalized spacial score (nSPS) is 13.3. The van der Waals surface area contributed by atoms with Crippen molar-refractivity contribution in [1.29, 1.82) is 0 Å². The second kappa shape index (κ2) is 7.44. The van der Waals surface area contributed by atoms with Gasteiger partial charge in [0, 0.05) is 11.8 Å². The van der Waals surface area contributed by atoms with E-state index in [1.807, 2.05) is 25.0 Å². The Hall–Kier alpha value is 0. The SMILES string of the molecule is CCCSCC(NC)c1c(Br)cnn1C(C)C. The summed E-state index contributed by atoms with van der Waals surface area (Å²) >= 11 is 5.59. The zero-order chi connectivity index (χ0) is 12.8. The largest absolute Gasteiger partial charge is 0.311 e. The summed E-state index contributed by atoms with van der Waals surface area (Å²) in [6, 6.07) is 0.745. The second-order valence-electron chi connectivity index (χ2n) is 4.33. The lowest BCUT2D eigenvalue weighted by Gasteiger charge is -2.20. The van der Waals surface area contributed by atoms with Gasteiger partial charge < -0.3 is 5.32 Å². The van der Waals surface area contributed by atoms with Crippen LogP contribution in [-0.4, -0.2) is 28.3 Å². The van der Waals surface area contributed by atoms with Gasteiger partial charge in [-0.15, -0.1) is 0 Å². The molecule has 3 nitrogen and oxygen atoms in total. The van der Waals surface area contributed by atoms with Crippen molar-refractivity contribution in [3.8, 4) is 0 Å². The molecule has 98 valence electrons. The number of hydrogen-bond acceptors (Lipinski definition) is 3. The van der Waals surface area contributed by atoms with Gasteiger partial charge >= 0.3 is 0 Å². The van der Waals surface area contributed by atoms with E-state index in [2.05, 4.69) is 51.8 Å². The summed E-state index contributed by atoms with van der Waals surface area (Å²) < 4.78 is 3.19. The Labute approximate surface area is 117 Å². The summed E-state index contributed by atoms with van der Waals surface area (Å²) in [5.41, 5.74) is 1.26. The van der Waals surface area contributed by atoms with Crippen molar-refractivity contribution in [3.05, 3.63) is 16.4 Å². The summed E-state index contributed by atoms with van der Waals surface area (Å²) in [5, 5.41) is 7.82. The third-order valence-electron chi connectivity index (χ3n) is 2.59. The highest BCUT2D eigenvalue weighted by atomic mass is 79.9. The molecule has 0 aliphatic carbocycles. The van der Waals surface area contributed by atoms with E-state index >= 15 is 0 Å². The Morgan fingerprint density at radius 3 is 2.76 bits per heavy atom. The predicted octanol–water partition coefficient (Wildman–Crippen LogP) is 3.63. The average Bonchev–Trinajstić information content (AvgIpc) is 2.67. The minimum Gasteiger partial charge on any atom is -0.311 e. The first-order chi connectivity index (χ1) is 8.11. The number of aromatic nitrogens is 2. The molecule has 0 radical (unpaired) electrons. The first-order valence-electron chi connectivity index (χ1n) is 6.09. The van der Waals surface area contributed by atoms with Gasteiger partial charge in [0.05, 0.1) is 22.4 Å². The van der Waals surface area contributed by atoms with Crippen LogP contribution in [0.1, 0.15) is 45.0 Å². The molecule has 1 aromatic rings. The molecule has 0 spiro atoms. The van der Waals surface area contributed by atoms with Crippen LogP contribution in [0.4, 0.5) is 0 Å². The van der Waals surface area contributed by atoms with Gasteiger partial charge in [-0.2, -0.15) is 16.9 Å². The topological polar surface area (TPSA) is 29.9 Å². The molecule has 1 rings (SSSR count). The van der Waals surface area contributed by atoms with Gasteiger partial charge in [0.1, 0.15) is 0 Å². The van der Waals surface area contributed by atoms with Gasteiger partial charge in [-0.3, -0.25) is 4.68 Å². The highest BCUT2D eigenvalue weighted by Crippen LogP contribution is 2.28. The average molecular weight is 320 g/mol. The van der Waals surface area contributed by atoms with Crippen LogP contribution in [0, 0.1) is 0 Å². The van der Waals surface area contributed by atoms with Crippen molar-refractivity contribution in [2.75, 3.05) is 18.6 Å². The summed E-state index contributed by atoms with van der Waals surface area (Å²) in [4.78, 5) is 0. The van der Waals surface area contributed by atoms with Crippen LogP contribution in [0.25, 0.3) is 0 Å². The Bertz CT molecular complexity index is 338. The standard InChI is InChI=1S/C12H22BrN3S/c1-5-6-17-8-11(14-4)12-10(13)7-15-16(12)9(2)3/h7,9,11,14H,5-6,8H2,1-4H3. The number of hydrogen-bond donors (Lipinski definition) is 1. The number of nitrogens with zero attached hydrogens (tertiary/aromatic N) is 2. The van der Waals surface area contributed by atoms with Crippen LogP contribution >= 0.6 is 27.7 Å². The van der Waals surface area contributed by atoms with Crippen LogP contribution in [0.2, 0.25) is 0 Å². The molecule has 0 saturated carbocycles. The van der Waals surface area contributed by atoms with Crippen molar-refractivity contribution < 1.29 is 0 Å². The van der Waals surface area contributed by atoms with E-state index in [0.717, 1.165) is 10.2 Å². The van der Waals surface area contributed by atoms with Crippen LogP contribution in [-0.2, 0) is 0 Å². The van der Waals surface area contributed by atoms with Gasteiger partial charge in [-0.05, 0) is 49.0 Å². The van der Waals surface area contributed by atoms with Crippen LogP contribution in [0.3, 0.4) is 0 Å². The van der Waals surface area contributed by atoms with Crippen LogP contribution in [0.5, 0.6) is 0 Å². The smallest absolute Gasteiger partial charge is 0.0707 e. The summed E-state index contributed by atoms with van der Waals surface area (Å²) in [7, 11) is 2.02. The maximum Gasteiger partial charge on any atom is 0.0707 e. The summed E-state index contributed by atoms with van der Waals surface area (Å²) in [6.45, 7) is 6.54. The Morgan fingerprint density at radius 1 is 1.53 bits per heavy atom. The fourth-order valence-electron chi connectivity index (χ4n) is 1.73.